The maximum absolute atomic E-state index is 13.4. The van der Waals surface area contributed by atoms with Gasteiger partial charge in [0.1, 0.15) is 17.3 Å². The lowest BCUT2D eigenvalue weighted by Gasteiger charge is -2.02. The van der Waals surface area contributed by atoms with E-state index < -0.39 is 0 Å². The number of benzene rings is 3. The molecule has 0 spiro atoms. The van der Waals surface area contributed by atoms with Crippen molar-refractivity contribution in [2.45, 2.75) is 0 Å². The zero-order chi connectivity index (χ0) is 21.6. The minimum Gasteiger partial charge on any atom is -0.497 e. The summed E-state index contributed by atoms with van der Waals surface area (Å²) in [5, 5.41) is 8.72. The van der Waals surface area contributed by atoms with E-state index in [4.69, 9.17) is 4.74 Å². The van der Waals surface area contributed by atoms with Crippen molar-refractivity contribution in [3.8, 4) is 22.7 Å². The summed E-state index contributed by atoms with van der Waals surface area (Å²) in [6, 6.07) is 22.4. The Morgan fingerprint density at radius 3 is 2.42 bits per heavy atom. The van der Waals surface area contributed by atoms with Crippen LogP contribution < -0.4 is 10.2 Å². The molecule has 1 N–H and O–H groups in total. The first-order chi connectivity index (χ1) is 15.1. The number of methoxy groups -OCH3 is 1. The molecule has 4 rings (SSSR count). The summed E-state index contributed by atoms with van der Waals surface area (Å²) in [5.41, 5.74) is 5.86. The number of carbonyl (C=O) groups is 1. The number of para-hydroxylation sites is 1. The van der Waals surface area contributed by atoms with Crippen molar-refractivity contribution >= 4 is 12.1 Å². The quantitative estimate of drug-likeness (QED) is 0.374. The van der Waals surface area contributed by atoms with E-state index in [1.165, 1.54) is 18.3 Å². The number of ether oxygens (including phenoxy) is 1. The fourth-order valence-electron chi connectivity index (χ4n) is 2.99. The maximum Gasteiger partial charge on any atom is 0.271 e. The van der Waals surface area contributed by atoms with Crippen molar-refractivity contribution in [3.05, 3.63) is 102 Å². The third-order valence-electron chi connectivity index (χ3n) is 4.60. The van der Waals surface area contributed by atoms with E-state index in [0.29, 0.717) is 22.6 Å². The average molecular weight is 414 g/mol. The maximum atomic E-state index is 13.4. The molecule has 0 aliphatic heterocycles. The molecule has 4 aromatic rings. The van der Waals surface area contributed by atoms with Crippen LogP contribution in [-0.2, 0) is 0 Å². The molecular weight excluding hydrogens is 395 g/mol. The largest absolute Gasteiger partial charge is 0.497 e. The summed E-state index contributed by atoms with van der Waals surface area (Å²) < 4.78 is 20.2. The van der Waals surface area contributed by atoms with Gasteiger partial charge in [-0.1, -0.05) is 18.2 Å². The van der Waals surface area contributed by atoms with E-state index in [1.54, 1.807) is 54.4 Å². The highest BCUT2D eigenvalue weighted by atomic mass is 19.1. The number of amides is 1. The lowest BCUT2D eigenvalue weighted by atomic mass is 10.1. The highest BCUT2D eigenvalue weighted by Crippen LogP contribution is 2.23. The van der Waals surface area contributed by atoms with Crippen LogP contribution in [0.2, 0.25) is 0 Å². The van der Waals surface area contributed by atoms with Gasteiger partial charge in [0.2, 0.25) is 0 Å². The van der Waals surface area contributed by atoms with Crippen molar-refractivity contribution in [2.75, 3.05) is 7.11 Å². The smallest absolute Gasteiger partial charge is 0.271 e. The van der Waals surface area contributed by atoms with Crippen LogP contribution in [-0.4, -0.2) is 29.0 Å². The van der Waals surface area contributed by atoms with Crippen LogP contribution in [0.5, 0.6) is 5.75 Å². The van der Waals surface area contributed by atoms with Crippen LogP contribution >= 0.6 is 0 Å². The van der Waals surface area contributed by atoms with E-state index in [9.17, 15) is 9.18 Å². The summed E-state index contributed by atoms with van der Waals surface area (Å²) in [7, 11) is 1.56. The number of nitrogens with one attached hydrogen (secondary N) is 1. The number of nitrogens with zero attached hydrogens (tertiary/aromatic N) is 3. The molecule has 0 saturated heterocycles. The molecule has 7 heteroatoms. The van der Waals surface area contributed by atoms with Gasteiger partial charge >= 0.3 is 0 Å². The van der Waals surface area contributed by atoms with Gasteiger partial charge < -0.3 is 4.74 Å². The van der Waals surface area contributed by atoms with Gasteiger partial charge in [-0.3, -0.25) is 4.79 Å². The molecular formula is C24H19FN4O2. The SMILES string of the molecule is COc1ccc(C(=O)N/N=C/c2cn(-c3ccccc3)nc2-c2ccc(F)cc2)cc1. The second-order valence-electron chi connectivity index (χ2n) is 6.65. The third kappa shape index (κ3) is 4.67. The number of hydrogen-bond donors (Lipinski definition) is 1. The first kappa shape index (κ1) is 20.0. The fraction of sp³-hybridized carbons (Fsp3) is 0.0417. The molecule has 6 nitrogen and oxygen atoms in total. The average Bonchev–Trinajstić information content (AvgIpc) is 3.24. The topological polar surface area (TPSA) is 68.5 Å². The highest BCUT2D eigenvalue weighted by Gasteiger charge is 2.12. The second-order valence-corrected chi connectivity index (χ2v) is 6.65. The monoisotopic (exact) mass is 414 g/mol. The van der Waals surface area contributed by atoms with E-state index in [0.717, 1.165) is 11.3 Å². The zero-order valence-electron chi connectivity index (χ0n) is 16.7. The number of halogens is 1. The Morgan fingerprint density at radius 1 is 1.03 bits per heavy atom. The molecule has 1 aromatic heterocycles. The molecule has 0 aliphatic rings. The number of rotatable bonds is 6. The van der Waals surface area contributed by atoms with Crippen LogP contribution in [0.4, 0.5) is 4.39 Å². The van der Waals surface area contributed by atoms with Crippen molar-refractivity contribution in [1.82, 2.24) is 15.2 Å². The Balaban J connectivity index is 1.60. The Morgan fingerprint density at radius 2 is 1.74 bits per heavy atom. The van der Waals surface area contributed by atoms with Crippen LogP contribution in [0.15, 0.2) is 90.2 Å². The first-order valence-electron chi connectivity index (χ1n) is 9.52. The van der Waals surface area contributed by atoms with Gasteiger partial charge in [-0.2, -0.15) is 10.2 Å². The Bertz CT molecular complexity index is 1200. The minimum atomic E-state index is -0.349. The van der Waals surface area contributed by atoms with Crippen LogP contribution in [0.25, 0.3) is 16.9 Å². The van der Waals surface area contributed by atoms with Gasteiger partial charge in [0.05, 0.1) is 19.0 Å². The molecule has 1 amide bonds. The van der Waals surface area contributed by atoms with E-state index in [1.807, 2.05) is 30.3 Å². The molecule has 0 radical (unpaired) electrons. The predicted octanol–water partition coefficient (Wildman–Crippen LogP) is 4.45. The Labute approximate surface area is 178 Å². The summed E-state index contributed by atoms with van der Waals surface area (Å²) in [6.07, 6.45) is 3.32. The first-order valence-corrected chi connectivity index (χ1v) is 9.52. The van der Waals surface area contributed by atoms with Crippen molar-refractivity contribution < 1.29 is 13.9 Å². The van der Waals surface area contributed by atoms with Gasteiger partial charge in [-0.15, -0.1) is 0 Å². The molecule has 1 heterocycles. The summed E-state index contributed by atoms with van der Waals surface area (Å²) in [4.78, 5) is 12.3. The fourth-order valence-corrected chi connectivity index (χ4v) is 2.99. The Kier molecular flexibility index (Phi) is 5.84. The van der Waals surface area contributed by atoms with Gasteiger partial charge in [-0.25, -0.2) is 14.5 Å². The van der Waals surface area contributed by atoms with Crippen molar-refractivity contribution in [3.63, 3.8) is 0 Å². The van der Waals surface area contributed by atoms with Crippen LogP contribution in [0, 0.1) is 5.82 Å². The van der Waals surface area contributed by atoms with Crippen LogP contribution in [0.3, 0.4) is 0 Å². The number of hydrogen-bond acceptors (Lipinski definition) is 4. The molecule has 0 aliphatic carbocycles. The van der Waals surface area contributed by atoms with E-state index in [2.05, 4.69) is 15.6 Å². The van der Waals surface area contributed by atoms with Gasteiger partial charge in [0, 0.05) is 22.9 Å². The minimum absolute atomic E-state index is 0.326. The summed E-state index contributed by atoms with van der Waals surface area (Å²) >= 11 is 0. The lowest BCUT2D eigenvalue weighted by Crippen LogP contribution is -2.17. The van der Waals surface area contributed by atoms with Crippen LogP contribution in [0.1, 0.15) is 15.9 Å². The van der Waals surface area contributed by atoms with E-state index in [-0.39, 0.29) is 11.7 Å². The number of hydrazone groups is 1. The van der Waals surface area contributed by atoms with Crippen molar-refractivity contribution in [2.24, 2.45) is 5.10 Å². The molecule has 3 aromatic carbocycles. The normalized spacial score (nSPS) is 10.9. The third-order valence-corrected chi connectivity index (χ3v) is 4.60. The summed E-state index contributed by atoms with van der Waals surface area (Å²) in [5.74, 6) is -0.0109. The van der Waals surface area contributed by atoms with Gasteiger partial charge in [-0.05, 0) is 60.7 Å². The lowest BCUT2D eigenvalue weighted by molar-refractivity contribution is 0.0955. The molecule has 154 valence electrons. The zero-order valence-corrected chi connectivity index (χ0v) is 16.7. The molecule has 0 bridgehead atoms. The van der Waals surface area contributed by atoms with Crippen molar-refractivity contribution in [1.29, 1.82) is 0 Å². The van der Waals surface area contributed by atoms with E-state index >= 15 is 0 Å². The predicted molar refractivity (Wildman–Crippen MR) is 117 cm³/mol. The molecule has 0 saturated carbocycles. The summed E-state index contributed by atoms with van der Waals surface area (Å²) in [6.45, 7) is 0. The Hall–Kier alpha value is -4.26. The number of aromatic nitrogens is 2. The molecule has 0 unspecified atom stereocenters. The molecule has 0 atom stereocenters. The van der Waals surface area contributed by atoms with Gasteiger partial charge in [0.15, 0.2) is 0 Å². The number of carbonyl (C=O) groups excluding carboxylic acids is 1. The molecule has 0 fully saturated rings. The standard InChI is InChI=1S/C24H19FN4O2/c1-31-22-13-9-18(10-14-22)24(30)27-26-15-19-16-29(21-5-3-2-4-6-21)28-23(19)17-7-11-20(25)12-8-17/h2-16H,1H3,(H,27,30)/b26-15+. The van der Waals surface area contributed by atoms with Gasteiger partial charge in [0.25, 0.3) is 5.91 Å². The highest BCUT2D eigenvalue weighted by molar-refractivity contribution is 5.95. The second kappa shape index (κ2) is 9.04. The molecule has 31 heavy (non-hydrogen) atoms.